The molecule has 2 atom stereocenters. The molecule has 1 aromatic carbocycles. The van der Waals surface area contributed by atoms with Crippen LogP contribution in [0.25, 0.3) is 0 Å². The number of hydrogen-bond acceptors (Lipinski definition) is 4. The van der Waals surface area contributed by atoms with E-state index in [1.54, 1.807) is 30.3 Å². The van der Waals surface area contributed by atoms with E-state index in [-0.39, 0.29) is 11.5 Å². The van der Waals surface area contributed by atoms with Crippen LogP contribution in [0.3, 0.4) is 0 Å². The van der Waals surface area contributed by atoms with Crippen LogP contribution in [0.2, 0.25) is 0 Å². The van der Waals surface area contributed by atoms with Gasteiger partial charge in [0.15, 0.2) is 0 Å². The standard InChI is InChI=1S/C20H24N2O3/c1-2-11-24-14-18-4-3-9-20(18)15-22(10-12-25-20)19(23)17-7-5-16(13-21)6-8-17/h2,5-8,18H,1,3-4,9-12,14-15H2/t18-,20-/m0/s1. The van der Waals surface area contributed by atoms with E-state index >= 15 is 0 Å². The minimum atomic E-state index is -0.290. The van der Waals surface area contributed by atoms with Crippen LogP contribution in [-0.2, 0) is 9.47 Å². The van der Waals surface area contributed by atoms with E-state index in [0.717, 1.165) is 19.3 Å². The number of amides is 1. The lowest BCUT2D eigenvalue weighted by Crippen LogP contribution is -2.56. The molecule has 2 fully saturated rings. The fourth-order valence-electron chi connectivity index (χ4n) is 3.89. The van der Waals surface area contributed by atoms with E-state index in [4.69, 9.17) is 14.7 Å². The van der Waals surface area contributed by atoms with Gasteiger partial charge in [0.05, 0.1) is 43.6 Å². The van der Waals surface area contributed by atoms with Gasteiger partial charge in [0.25, 0.3) is 5.91 Å². The molecule has 1 amide bonds. The number of morpholine rings is 1. The monoisotopic (exact) mass is 340 g/mol. The summed E-state index contributed by atoms with van der Waals surface area (Å²) >= 11 is 0. The molecule has 0 radical (unpaired) electrons. The molecule has 0 aromatic heterocycles. The summed E-state index contributed by atoms with van der Waals surface area (Å²) in [5.41, 5.74) is 0.889. The first-order valence-electron chi connectivity index (χ1n) is 8.80. The van der Waals surface area contributed by atoms with Gasteiger partial charge in [-0.05, 0) is 37.1 Å². The molecular formula is C20H24N2O3. The summed E-state index contributed by atoms with van der Waals surface area (Å²) in [4.78, 5) is 14.7. The van der Waals surface area contributed by atoms with Crippen LogP contribution in [0.1, 0.15) is 35.2 Å². The maximum Gasteiger partial charge on any atom is 0.254 e. The molecule has 5 nitrogen and oxygen atoms in total. The quantitative estimate of drug-likeness (QED) is 0.611. The topological polar surface area (TPSA) is 62.6 Å². The minimum absolute atomic E-state index is 0.00447. The van der Waals surface area contributed by atoms with Crippen LogP contribution in [0.5, 0.6) is 0 Å². The van der Waals surface area contributed by atoms with Crippen molar-refractivity contribution in [2.24, 2.45) is 5.92 Å². The van der Waals surface area contributed by atoms with Gasteiger partial charge in [-0.15, -0.1) is 6.58 Å². The van der Waals surface area contributed by atoms with Gasteiger partial charge in [0.1, 0.15) is 0 Å². The Morgan fingerprint density at radius 2 is 2.28 bits per heavy atom. The Balaban J connectivity index is 1.70. The summed E-state index contributed by atoms with van der Waals surface area (Å²) in [5.74, 6) is 0.314. The first kappa shape index (κ1) is 17.7. The Kier molecular flexibility index (Phi) is 5.52. The van der Waals surface area contributed by atoms with Crippen LogP contribution < -0.4 is 0 Å². The van der Waals surface area contributed by atoms with E-state index in [1.165, 1.54) is 0 Å². The van der Waals surface area contributed by atoms with E-state index in [2.05, 4.69) is 12.6 Å². The lowest BCUT2D eigenvalue weighted by Gasteiger charge is -2.44. The van der Waals surface area contributed by atoms with Crippen molar-refractivity contribution in [1.82, 2.24) is 4.90 Å². The predicted molar refractivity (Wildman–Crippen MR) is 94.1 cm³/mol. The number of carbonyl (C=O) groups excluding carboxylic acids is 1. The molecule has 3 rings (SSSR count). The number of rotatable bonds is 5. The maximum atomic E-state index is 12.8. The van der Waals surface area contributed by atoms with E-state index in [0.29, 0.717) is 50.0 Å². The van der Waals surface area contributed by atoms with Crippen molar-refractivity contribution in [3.8, 4) is 6.07 Å². The van der Waals surface area contributed by atoms with Crippen molar-refractivity contribution in [2.45, 2.75) is 24.9 Å². The molecule has 132 valence electrons. The molecule has 1 aliphatic heterocycles. The van der Waals surface area contributed by atoms with Gasteiger partial charge in [-0.2, -0.15) is 5.26 Å². The molecule has 1 spiro atoms. The molecule has 1 heterocycles. The molecule has 0 N–H and O–H groups in total. The third kappa shape index (κ3) is 3.76. The highest BCUT2D eigenvalue weighted by atomic mass is 16.5. The average Bonchev–Trinajstić information content (AvgIpc) is 3.03. The number of hydrogen-bond donors (Lipinski definition) is 0. The molecule has 5 heteroatoms. The maximum absolute atomic E-state index is 12.8. The molecule has 1 saturated carbocycles. The molecule has 0 bridgehead atoms. The summed E-state index contributed by atoms with van der Waals surface area (Å²) in [6.07, 6.45) is 4.88. The Labute approximate surface area is 148 Å². The van der Waals surface area contributed by atoms with Gasteiger partial charge < -0.3 is 14.4 Å². The largest absolute Gasteiger partial charge is 0.377 e. The highest BCUT2D eigenvalue weighted by molar-refractivity contribution is 5.94. The summed E-state index contributed by atoms with van der Waals surface area (Å²) in [6, 6.07) is 8.90. The van der Waals surface area contributed by atoms with Crippen molar-refractivity contribution in [3.05, 3.63) is 48.0 Å². The van der Waals surface area contributed by atoms with Crippen molar-refractivity contribution < 1.29 is 14.3 Å². The Morgan fingerprint density at radius 1 is 1.48 bits per heavy atom. The van der Waals surface area contributed by atoms with Crippen molar-refractivity contribution in [2.75, 3.05) is 32.9 Å². The highest BCUT2D eigenvalue weighted by Crippen LogP contribution is 2.41. The van der Waals surface area contributed by atoms with Crippen molar-refractivity contribution in [1.29, 1.82) is 5.26 Å². The Bertz CT molecular complexity index is 665. The fourth-order valence-corrected chi connectivity index (χ4v) is 3.89. The lowest BCUT2D eigenvalue weighted by molar-refractivity contribution is -0.132. The first-order valence-corrected chi connectivity index (χ1v) is 8.80. The zero-order chi connectivity index (χ0) is 17.7. The number of nitrogens with zero attached hydrogens (tertiary/aromatic N) is 2. The number of nitriles is 1. The predicted octanol–water partition coefficient (Wildman–Crippen LogP) is 2.77. The SMILES string of the molecule is C=CCOC[C@@H]1CCC[C@]12CN(C(=O)c1ccc(C#N)cc1)CCO2. The first-order chi connectivity index (χ1) is 12.2. The summed E-state index contributed by atoms with van der Waals surface area (Å²) < 4.78 is 11.8. The van der Waals surface area contributed by atoms with Crippen molar-refractivity contribution >= 4 is 5.91 Å². The van der Waals surface area contributed by atoms with Gasteiger partial charge in [-0.25, -0.2) is 0 Å². The van der Waals surface area contributed by atoms with Crippen LogP contribution in [0.15, 0.2) is 36.9 Å². The summed E-state index contributed by atoms with van der Waals surface area (Å²) in [5, 5.41) is 8.89. The second kappa shape index (κ2) is 7.81. The van der Waals surface area contributed by atoms with Crippen molar-refractivity contribution in [3.63, 3.8) is 0 Å². The Morgan fingerprint density at radius 3 is 3.00 bits per heavy atom. The minimum Gasteiger partial charge on any atom is -0.377 e. The number of benzene rings is 1. The van der Waals surface area contributed by atoms with Crippen LogP contribution in [0, 0.1) is 17.2 Å². The van der Waals surface area contributed by atoms with Gasteiger partial charge >= 0.3 is 0 Å². The fraction of sp³-hybridized carbons (Fsp3) is 0.500. The third-order valence-corrected chi connectivity index (χ3v) is 5.21. The second-order valence-corrected chi connectivity index (χ2v) is 6.74. The molecule has 1 aromatic rings. The molecule has 25 heavy (non-hydrogen) atoms. The summed E-state index contributed by atoms with van der Waals surface area (Å²) in [6.45, 7) is 6.63. The zero-order valence-electron chi connectivity index (χ0n) is 14.4. The van der Waals surface area contributed by atoms with Crippen LogP contribution in [-0.4, -0.2) is 49.3 Å². The normalized spacial score (nSPS) is 25.7. The van der Waals surface area contributed by atoms with Gasteiger partial charge in [-0.3, -0.25) is 4.79 Å². The second-order valence-electron chi connectivity index (χ2n) is 6.74. The smallest absolute Gasteiger partial charge is 0.254 e. The zero-order valence-corrected chi connectivity index (χ0v) is 14.4. The highest BCUT2D eigenvalue weighted by Gasteiger charge is 2.47. The van der Waals surface area contributed by atoms with E-state index < -0.39 is 0 Å². The summed E-state index contributed by atoms with van der Waals surface area (Å²) in [7, 11) is 0. The molecular weight excluding hydrogens is 316 g/mol. The third-order valence-electron chi connectivity index (χ3n) is 5.21. The van der Waals surface area contributed by atoms with E-state index in [1.807, 2.05) is 4.90 Å². The van der Waals surface area contributed by atoms with Crippen LogP contribution >= 0.6 is 0 Å². The van der Waals surface area contributed by atoms with E-state index in [9.17, 15) is 4.79 Å². The van der Waals surface area contributed by atoms with Gasteiger partial charge in [0, 0.05) is 18.0 Å². The number of ether oxygens (including phenoxy) is 2. The van der Waals surface area contributed by atoms with Crippen LogP contribution in [0.4, 0.5) is 0 Å². The molecule has 2 aliphatic rings. The lowest BCUT2D eigenvalue weighted by atomic mass is 9.89. The Hall–Kier alpha value is -2.16. The van der Waals surface area contributed by atoms with Gasteiger partial charge in [-0.1, -0.05) is 12.5 Å². The molecule has 1 saturated heterocycles. The molecule has 1 aliphatic carbocycles. The average molecular weight is 340 g/mol. The van der Waals surface area contributed by atoms with Gasteiger partial charge in [0.2, 0.25) is 0 Å². The number of carbonyl (C=O) groups is 1. The molecule has 0 unspecified atom stereocenters.